The number of aryl methyl sites for hydroxylation is 2. The van der Waals surface area contributed by atoms with Gasteiger partial charge in [0.15, 0.2) is 0 Å². The zero-order chi connectivity index (χ0) is 27.6. The predicted octanol–water partition coefficient (Wildman–Crippen LogP) is 10.6. The molecule has 1 aliphatic rings. The molecule has 0 unspecified atom stereocenters. The van der Waals surface area contributed by atoms with E-state index in [-0.39, 0.29) is 0 Å². The van der Waals surface area contributed by atoms with E-state index in [0.717, 1.165) is 0 Å². The lowest BCUT2D eigenvalue weighted by molar-refractivity contribution is 0.768. The van der Waals surface area contributed by atoms with Crippen molar-refractivity contribution >= 4 is 21.5 Å². The molecule has 1 aliphatic carbocycles. The van der Waals surface area contributed by atoms with Crippen molar-refractivity contribution in [1.29, 1.82) is 0 Å². The molecule has 0 bridgehead atoms. The van der Waals surface area contributed by atoms with Gasteiger partial charge in [-0.3, -0.25) is 0 Å². The molecular weight excluding hydrogens is 492 g/mol. The first-order valence-electron chi connectivity index (χ1n) is 14.5. The lowest BCUT2D eigenvalue weighted by Gasteiger charge is -2.34. The number of hydrogen-bond acceptors (Lipinski definition) is 0. The van der Waals surface area contributed by atoms with Crippen LogP contribution in [-0.2, 0) is 5.41 Å². The fraction of sp³-hybridized carbons (Fsp3) is 0.0732. The molecule has 8 rings (SSSR count). The van der Waals surface area contributed by atoms with Crippen molar-refractivity contribution in [3.63, 3.8) is 0 Å². The van der Waals surface area contributed by atoms with E-state index in [0.29, 0.717) is 0 Å². The number of fused-ring (bicyclic) bond motifs is 5. The van der Waals surface area contributed by atoms with Crippen LogP contribution < -0.4 is 0 Å². The molecule has 194 valence electrons. The van der Waals surface area contributed by atoms with Crippen LogP contribution in [0.25, 0.3) is 43.8 Å². The lowest BCUT2D eigenvalue weighted by atomic mass is 9.67. The topological polar surface area (TPSA) is 0 Å². The first kappa shape index (κ1) is 23.9. The Bertz CT molecular complexity index is 2000. The molecule has 0 spiro atoms. The van der Waals surface area contributed by atoms with E-state index in [1.807, 2.05) is 0 Å². The third-order valence-corrected chi connectivity index (χ3v) is 9.20. The fourth-order valence-corrected chi connectivity index (χ4v) is 7.42. The highest BCUT2D eigenvalue weighted by Crippen LogP contribution is 2.57. The molecule has 0 aromatic heterocycles. The second-order valence-corrected chi connectivity index (χ2v) is 11.4. The quantitative estimate of drug-likeness (QED) is 0.202. The Hall–Kier alpha value is -4.94. The molecule has 0 amide bonds. The number of rotatable bonds is 3. The Kier molecular flexibility index (Phi) is 5.27. The van der Waals surface area contributed by atoms with Crippen LogP contribution in [0.5, 0.6) is 0 Å². The summed E-state index contributed by atoms with van der Waals surface area (Å²) in [5.41, 5.74) is 12.7. The maximum Gasteiger partial charge on any atom is 0.0713 e. The molecule has 0 saturated heterocycles. The molecule has 0 atom stereocenters. The van der Waals surface area contributed by atoms with Crippen molar-refractivity contribution in [1.82, 2.24) is 0 Å². The Balaban J connectivity index is 1.53. The van der Waals surface area contributed by atoms with Gasteiger partial charge in [0.1, 0.15) is 0 Å². The Morgan fingerprint density at radius 1 is 0.415 bits per heavy atom. The minimum absolute atomic E-state index is 0.411. The van der Waals surface area contributed by atoms with Gasteiger partial charge in [-0.25, -0.2) is 0 Å². The molecule has 0 heteroatoms. The zero-order valence-electron chi connectivity index (χ0n) is 23.4. The van der Waals surface area contributed by atoms with E-state index in [9.17, 15) is 0 Å². The van der Waals surface area contributed by atoms with Crippen molar-refractivity contribution in [2.75, 3.05) is 0 Å². The Labute approximate surface area is 241 Å². The molecule has 0 nitrogen and oxygen atoms in total. The Morgan fingerprint density at radius 3 is 1.44 bits per heavy atom. The SMILES string of the molecule is Cc1ccc2c(c1)C(c1ccccc1)(c1ccccc1)c1cc(-c3c4ccccc4c(C)c4ccccc34)ccc1-2. The average molecular weight is 523 g/mol. The van der Waals surface area contributed by atoms with Crippen LogP contribution in [-0.4, -0.2) is 0 Å². The fourth-order valence-electron chi connectivity index (χ4n) is 7.42. The maximum atomic E-state index is 2.49. The van der Waals surface area contributed by atoms with E-state index < -0.39 is 5.41 Å². The predicted molar refractivity (Wildman–Crippen MR) is 174 cm³/mol. The van der Waals surface area contributed by atoms with Crippen LogP contribution in [0.4, 0.5) is 0 Å². The molecular formula is C41H30. The first-order chi connectivity index (χ1) is 20.2. The molecule has 0 fully saturated rings. The lowest BCUT2D eigenvalue weighted by Crippen LogP contribution is -2.28. The summed E-state index contributed by atoms with van der Waals surface area (Å²) in [4.78, 5) is 0. The molecule has 7 aromatic rings. The maximum absolute atomic E-state index is 2.49. The van der Waals surface area contributed by atoms with Crippen LogP contribution >= 0.6 is 0 Å². The largest absolute Gasteiger partial charge is 0.0713 e. The van der Waals surface area contributed by atoms with Gasteiger partial charge >= 0.3 is 0 Å². The summed E-state index contributed by atoms with van der Waals surface area (Å²) < 4.78 is 0. The van der Waals surface area contributed by atoms with Crippen LogP contribution in [0.3, 0.4) is 0 Å². The molecule has 0 aliphatic heterocycles. The van der Waals surface area contributed by atoms with Crippen molar-refractivity contribution in [3.05, 3.63) is 179 Å². The smallest absolute Gasteiger partial charge is 0.0622 e. The summed E-state index contributed by atoms with van der Waals surface area (Å²) >= 11 is 0. The normalized spacial score (nSPS) is 13.3. The van der Waals surface area contributed by atoms with E-state index >= 15 is 0 Å². The standard InChI is InChI=1S/C41H30/c1-27-21-23-34-35-24-22-29(40-36-19-11-9-17-32(36)28(2)33-18-10-12-20-37(33)40)26-39(35)41(38(34)25-27,30-13-5-3-6-14-30)31-15-7-4-8-16-31/h3-26H,1-2H3. The van der Waals surface area contributed by atoms with Crippen molar-refractivity contribution in [3.8, 4) is 22.3 Å². The van der Waals surface area contributed by atoms with Crippen LogP contribution in [0.2, 0.25) is 0 Å². The monoisotopic (exact) mass is 522 g/mol. The summed E-state index contributed by atoms with van der Waals surface area (Å²) in [6, 6.07) is 54.1. The third-order valence-electron chi connectivity index (χ3n) is 9.20. The summed E-state index contributed by atoms with van der Waals surface area (Å²) in [6.07, 6.45) is 0. The first-order valence-corrected chi connectivity index (χ1v) is 14.5. The van der Waals surface area contributed by atoms with Crippen LogP contribution in [0, 0.1) is 13.8 Å². The van der Waals surface area contributed by atoms with Gasteiger partial charge in [-0.15, -0.1) is 0 Å². The van der Waals surface area contributed by atoms with Gasteiger partial charge in [0, 0.05) is 0 Å². The molecule has 0 radical (unpaired) electrons. The van der Waals surface area contributed by atoms with Gasteiger partial charge < -0.3 is 0 Å². The van der Waals surface area contributed by atoms with Crippen LogP contribution in [0.15, 0.2) is 146 Å². The van der Waals surface area contributed by atoms with E-state index in [1.54, 1.807) is 0 Å². The summed E-state index contributed by atoms with van der Waals surface area (Å²) in [6.45, 7) is 4.46. The van der Waals surface area contributed by atoms with Gasteiger partial charge in [-0.2, -0.15) is 0 Å². The highest BCUT2D eigenvalue weighted by molar-refractivity contribution is 6.15. The second kappa shape index (κ2) is 9.04. The summed E-state index contributed by atoms with van der Waals surface area (Å²) in [5.74, 6) is 0. The van der Waals surface area contributed by atoms with Crippen molar-refractivity contribution < 1.29 is 0 Å². The minimum Gasteiger partial charge on any atom is -0.0622 e. The summed E-state index contributed by atoms with van der Waals surface area (Å²) in [7, 11) is 0. The van der Waals surface area contributed by atoms with Gasteiger partial charge in [0.2, 0.25) is 0 Å². The van der Waals surface area contributed by atoms with Gasteiger partial charge in [-0.1, -0.05) is 145 Å². The average Bonchev–Trinajstić information content (AvgIpc) is 3.31. The van der Waals surface area contributed by atoms with Gasteiger partial charge in [-0.05, 0) is 91.5 Å². The highest BCUT2D eigenvalue weighted by Gasteiger charge is 2.46. The minimum atomic E-state index is -0.411. The molecule has 0 N–H and O–H groups in total. The second-order valence-electron chi connectivity index (χ2n) is 11.4. The van der Waals surface area contributed by atoms with E-state index in [2.05, 4.69) is 159 Å². The molecule has 41 heavy (non-hydrogen) atoms. The molecule has 0 heterocycles. The molecule has 0 saturated carbocycles. The van der Waals surface area contributed by atoms with Gasteiger partial charge in [0.05, 0.1) is 5.41 Å². The van der Waals surface area contributed by atoms with Gasteiger partial charge in [0.25, 0.3) is 0 Å². The van der Waals surface area contributed by atoms with Crippen LogP contribution in [0.1, 0.15) is 33.4 Å². The van der Waals surface area contributed by atoms with Crippen molar-refractivity contribution in [2.45, 2.75) is 19.3 Å². The third kappa shape index (κ3) is 3.34. The number of hydrogen-bond donors (Lipinski definition) is 0. The van der Waals surface area contributed by atoms with E-state index in [1.165, 1.54) is 77.2 Å². The van der Waals surface area contributed by atoms with E-state index in [4.69, 9.17) is 0 Å². The number of benzene rings is 7. The summed E-state index contributed by atoms with van der Waals surface area (Å²) in [5, 5.41) is 5.25. The molecule has 7 aromatic carbocycles. The highest BCUT2D eigenvalue weighted by atomic mass is 14.5. The van der Waals surface area contributed by atoms with Crippen molar-refractivity contribution in [2.24, 2.45) is 0 Å². The Morgan fingerprint density at radius 2 is 0.878 bits per heavy atom. The zero-order valence-corrected chi connectivity index (χ0v) is 23.4.